The van der Waals surface area contributed by atoms with Crippen LogP contribution in [-0.2, 0) is 40.0 Å². The van der Waals surface area contributed by atoms with Gasteiger partial charge in [0.2, 0.25) is 11.8 Å². The van der Waals surface area contributed by atoms with E-state index in [2.05, 4.69) is 16.1 Å². The summed E-state index contributed by atoms with van der Waals surface area (Å²) < 4.78 is 6.06. The molecule has 15 nitrogen and oxygen atoms in total. The van der Waals surface area contributed by atoms with E-state index in [9.17, 15) is 39.3 Å². The third kappa shape index (κ3) is 13.6. The lowest BCUT2D eigenvalue weighted by molar-refractivity contribution is -0.191. The number of nitrogens with one attached hydrogen (secondary N) is 3. The molecule has 0 radical (unpaired) electrons. The van der Waals surface area contributed by atoms with Gasteiger partial charge in [0.1, 0.15) is 30.0 Å². The highest BCUT2D eigenvalue weighted by Crippen LogP contribution is 2.24. The number of nitrogens with zero attached hydrogens (tertiary/aromatic N) is 2. The van der Waals surface area contributed by atoms with Gasteiger partial charge >= 0.3 is 5.97 Å². The minimum Gasteiger partial charge on any atom is -0.508 e. The number of aliphatic hydroxyl groups excluding tert-OH is 2. The van der Waals surface area contributed by atoms with Crippen molar-refractivity contribution in [2.75, 3.05) is 19.7 Å². The van der Waals surface area contributed by atoms with E-state index in [0.717, 1.165) is 12.8 Å². The molecule has 0 aliphatic carbocycles. The van der Waals surface area contributed by atoms with Crippen LogP contribution in [0.3, 0.4) is 0 Å². The molecule has 3 aliphatic rings. The van der Waals surface area contributed by atoms with Gasteiger partial charge in [-0.1, -0.05) is 82.7 Å². The molecule has 0 aromatic heterocycles. The van der Waals surface area contributed by atoms with Gasteiger partial charge in [-0.2, -0.15) is 0 Å². The predicted octanol–water partition coefficient (Wildman–Crippen LogP) is 3.62. The lowest BCUT2D eigenvalue weighted by Crippen LogP contribution is -2.62. The molecule has 4 rings (SSSR count). The zero-order chi connectivity index (χ0) is 43.9. The molecule has 1 aromatic carbocycles. The summed E-state index contributed by atoms with van der Waals surface area (Å²) in [5.41, 5.74) is 4.87. The summed E-state index contributed by atoms with van der Waals surface area (Å²) in [6.45, 7) is 11.8. The highest BCUT2D eigenvalue weighted by Gasteiger charge is 2.38. The number of cyclic esters (lactones) is 1. The molecule has 8 atom stereocenters. The Balaban J connectivity index is 1.69. The molecule has 2 bridgehead atoms. The summed E-state index contributed by atoms with van der Waals surface area (Å²) in [6, 6.07) is 1.81. The van der Waals surface area contributed by atoms with Crippen molar-refractivity contribution in [2.24, 2.45) is 17.8 Å². The molecule has 3 heterocycles. The Kier molecular flexibility index (Phi) is 18.5. The number of hydroxylamine groups is 2. The van der Waals surface area contributed by atoms with Gasteiger partial charge in [0, 0.05) is 37.9 Å². The molecule has 4 amide bonds. The van der Waals surface area contributed by atoms with E-state index in [-0.39, 0.29) is 31.0 Å². The number of aliphatic hydroxyl groups is 2. The zero-order valence-electron chi connectivity index (χ0n) is 35.8. The van der Waals surface area contributed by atoms with E-state index >= 15 is 0 Å². The molecule has 0 spiro atoms. The lowest BCUT2D eigenvalue weighted by atomic mass is 9.84. The van der Waals surface area contributed by atoms with E-state index in [1.54, 1.807) is 77.1 Å². The Morgan fingerprint density at radius 2 is 1.80 bits per heavy atom. The summed E-state index contributed by atoms with van der Waals surface area (Å²) in [5, 5.41) is 41.3. The van der Waals surface area contributed by atoms with Crippen LogP contribution in [0.25, 0.3) is 0 Å². The molecule has 6 N–H and O–H groups in total. The Morgan fingerprint density at radius 3 is 2.48 bits per heavy atom. The van der Waals surface area contributed by atoms with Crippen molar-refractivity contribution in [3.05, 3.63) is 77.4 Å². The van der Waals surface area contributed by atoms with Crippen molar-refractivity contribution >= 4 is 29.6 Å². The number of hydrogen-bond donors (Lipinski definition) is 6. The highest BCUT2D eigenvalue weighted by atomic mass is 16.7. The molecule has 3 aliphatic heterocycles. The average Bonchev–Trinajstić information content (AvgIpc) is 3.23. The molecular formula is C45H65N5O10. The van der Waals surface area contributed by atoms with Crippen LogP contribution in [0.15, 0.2) is 66.3 Å². The monoisotopic (exact) mass is 835 g/mol. The van der Waals surface area contributed by atoms with Gasteiger partial charge < -0.3 is 30.7 Å². The second-order valence-corrected chi connectivity index (χ2v) is 16.4. The van der Waals surface area contributed by atoms with E-state index < -0.39 is 77.9 Å². The summed E-state index contributed by atoms with van der Waals surface area (Å²) in [5.74, 6) is -4.72. The van der Waals surface area contributed by atoms with Crippen molar-refractivity contribution < 1.29 is 48.9 Å². The SMILES string of the molecule is CCCC1C(=O)NC(C(C)C)C(=O)NC(Cc2ccc(C)c(O)c2)C(=O)N2CCCC(N2)C(=O)O[C@H](/C(C)=C/C=C/C(=O)N2CCCCO2)C/C=C/C=C/[C@H](O)C(C)C1O. The van der Waals surface area contributed by atoms with E-state index in [4.69, 9.17) is 9.57 Å². The normalized spacial score (nSPS) is 29.6. The molecule has 0 saturated carbocycles. The number of esters is 1. The number of aryl methyl sites for hydroxylation is 1. The van der Waals surface area contributed by atoms with Crippen molar-refractivity contribution in [2.45, 2.75) is 129 Å². The molecule has 60 heavy (non-hydrogen) atoms. The molecule has 1 aromatic rings. The van der Waals surface area contributed by atoms with Gasteiger partial charge in [-0.15, -0.1) is 0 Å². The number of hydrogen-bond acceptors (Lipinski definition) is 11. The fourth-order valence-electron chi connectivity index (χ4n) is 7.34. The Labute approximate surface area is 353 Å². The molecule has 2 saturated heterocycles. The molecule has 330 valence electrons. The van der Waals surface area contributed by atoms with Crippen LogP contribution >= 0.6 is 0 Å². The van der Waals surface area contributed by atoms with Gasteiger partial charge in [0.15, 0.2) is 0 Å². The molecule has 15 heteroatoms. The Morgan fingerprint density at radius 1 is 1.03 bits per heavy atom. The first kappa shape index (κ1) is 47.8. The second-order valence-electron chi connectivity index (χ2n) is 16.4. The van der Waals surface area contributed by atoms with Gasteiger partial charge in [0.25, 0.3) is 11.8 Å². The van der Waals surface area contributed by atoms with Crippen LogP contribution in [0.5, 0.6) is 5.75 Å². The first-order valence-corrected chi connectivity index (χ1v) is 21.3. The zero-order valence-corrected chi connectivity index (χ0v) is 35.8. The summed E-state index contributed by atoms with van der Waals surface area (Å²) >= 11 is 0. The molecule has 6 unspecified atom stereocenters. The third-order valence-electron chi connectivity index (χ3n) is 11.3. The number of rotatable bonds is 8. The Hall–Kier alpha value is -4.83. The summed E-state index contributed by atoms with van der Waals surface area (Å²) in [7, 11) is 0. The van der Waals surface area contributed by atoms with Gasteiger partial charge in [0.05, 0.1) is 24.7 Å². The first-order chi connectivity index (χ1) is 28.6. The fourth-order valence-corrected chi connectivity index (χ4v) is 7.34. The van der Waals surface area contributed by atoms with Crippen LogP contribution in [0.4, 0.5) is 0 Å². The minimum absolute atomic E-state index is 0.0110. The maximum Gasteiger partial charge on any atom is 0.325 e. The Bertz CT molecular complexity index is 1770. The number of carbonyl (C=O) groups is 5. The number of benzene rings is 1. The van der Waals surface area contributed by atoms with Crippen molar-refractivity contribution in [1.29, 1.82) is 0 Å². The van der Waals surface area contributed by atoms with E-state index in [0.29, 0.717) is 55.5 Å². The first-order valence-electron chi connectivity index (χ1n) is 21.3. The fraction of sp³-hybridized carbons (Fsp3) is 0.578. The van der Waals surface area contributed by atoms with Crippen molar-refractivity contribution in [3.63, 3.8) is 0 Å². The predicted molar refractivity (Wildman–Crippen MR) is 225 cm³/mol. The maximum atomic E-state index is 14.4. The van der Waals surface area contributed by atoms with Crippen LogP contribution in [-0.4, -0.2) is 111 Å². The topological polar surface area (TPSA) is 207 Å². The summed E-state index contributed by atoms with van der Waals surface area (Å²) in [4.78, 5) is 74.3. The molecule has 2 fully saturated rings. The number of aromatic hydroxyl groups is 1. The number of hydrazine groups is 1. The van der Waals surface area contributed by atoms with Crippen molar-refractivity contribution in [3.8, 4) is 5.75 Å². The lowest BCUT2D eigenvalue weighted by Gasteiger charge is -2.36. The average molecular weight is 836 g/mol. The van der Waals surface area contributed by atoms with Crippen LogP contribution in [0, 0.1) is 24.7 Å². The van der Waals surface area contributed by atoms with Crippen LogP contribution in [0.1, 0.15) is 90.7 Å². The van der Waals surface area contributed by atoms with Gasteiger partial charge in [-0.05, 0) is 74.6 Å². The number of phenolic OH excluding ortho intramolecular Hbond substituents is 1. The smallest absolute Gasteiger partial charge is 0.325 e. The number of phenols is 1. The summed E-state index contributed by atoms with van der Waals surface area (Å²) in [6.07, 6.45) is 11.7. The van der Waals surface area contributed by atoms with Crippen LogP contribution in [0.2, 0.25) is 0 Å². The van der Waals surface area contributed by atoms with Crippen molar-refractivity contribution in [1.82, 2.24) is 26.1 Å². The third-order valence-corrected chi connectivity index (χ3v) is 11.3. The highest BCUT2D eigenvalue weighted by molar-refractivity contribution is 5.93. The molecular weight excluding hydrogens is 771 g/mol. The minimum atomic E-state index is -1.26. The maximum absolute atomic E-state index is 14.4. The number of fused-ring (bicyclic) bond motifs is 2. The largest absolute Gasteiger partial charge is 0.508 e. The number of amides is 4. The quantitative estimate of drug-likeness (QED) is 0.127. The van der Waals surface area contributed by atoms with Crippen LogP contribution < -0.4 is 16.1 Å². The number of allylic oxidation sites excluding steroid dienone is 4. The number of carbonyl (C=O) groups excluding carboxylic acids is 5. The van der Waals surface area contributed by atoms with E-state index in [1.165, 1.54) is 28.3 Å². The number of ether oxygens (including phenoxy) is 1. The van der Waals surface area contributed by atoms with E-state index in [1.807, 2.05) is 6.92 Å². The second kappa shape index (κ2) is 23.2. The standard InChI is InChI=1S/C45H65N5O10/c1-7-15-33-41(54)31(6)36(51)18-9-8-10-19-38(30(5)16-13-20-39(53)50-24-11-12-25-59-50)60-45(58)34-17-14-23-49(48-34)44(57)35(26-32-22-21-29(4)37(52)27-32)46-43(56)40(28(2)3)47-42(33)55/h8-10,13,16,18,20-22,27-28,31,33-36,38,40-41,48,51-52,54H,7,11-12,14-15,17,19,23-26H2,1-6H3,(H,46,56)(H,47,55)/b10-8+,18-9+,20-13+,30-16+/t31?,33?,34?,35?,36-,38-,40?,41?/m0/s1. The van der Waals surface area contributed by atoms with Gasteiger partial charge in [-0.3, -0.25) is 33.8 Å². The van der Waals surface area contributed by atoms with Gasteiger partial charge in [-0.25, -0.2) is 10.5 Å².